The summed E-state index contributed by atoms with van der Waals surface area (Å²) in [5.74, 6) is -9.53. The minimum atomic E-state index is -1.52. The van der Waals surface area contributed by atoms with E-state index in [0.717, 1.165) is 10.9 Å². The monoisotopic (exact) mass is 1090 g/mol. The third-order valence-corrected chi connectivity index (χ3v) is 12.9. The number of aromatic hydroxyl groups is 1. The van der Waals surface area contributed by atoms with Gasteiger partial charge in [0.2, 0.25) is 41.4 Å². The molecule has 8 atom stereocenters. The van der Waals surface area contributed by atoms with Crippen molar-refractivity contribution < 1.29 is 58.5 Å². The van der Waals surface area contributed by atoms with Crippen LogP contribution in [0.4, 0.5) is 0 Å². The van der Waals surface area contributed by atoms with Crippen LogP contribution in [0.5, 0.6) is 5.75 Å². The van der Waals surface area contributed by atoms with E-state index in [-0.39, 0.29) is 43.7 Å². The zero-order chi connectivity index (χ0) is 56.3. The number of carbonyl (C=O) groups is 9. The highest BCUT2D eigenvalue weighted by Gasteiger charge is 2.39. The van der Waals surface area contributed by atoms with Gasteiger partial charge in [0, 0.05) is 46.9 Å². The zero-order valence-corrected chi connectivity index (χ0v) is 44.5. The Morgan fingerprint density at radius 1 is 0.618 bits per heavy atom. The fraction of sp³-hybridized carbons (Fsp3) is 0.442. The molecule has 4 rings (SSSR count). The summed E-state index contributed by atoms with van der Waals surface area (Å²) in [5, 5.41) is 48.0. The highest BCUT2D eigenvalue weighted by atomic mass is 32.1. The van der Waals surface area contributed by atoms with Crippen molar-refractivity contribution in [1.29, 1.82) is 0 Å². The molecule has 0 radical (unpaired) electrons. The van der Waals surface area contributed by atoms with E-state index in [0.29, 0.717) is 29.5 Å². The van der Waals surface area contributed by atoms with Crippen molar-refractivity contribution in [1.82, 2.24) is 42.2 Å². The lowest BCUT2D eigenvalue weighted by molar-refractivity contribution is -0.143. The number of carboxylic acid groups (broad SMARTS) is 2. The predicted octanol–water partition coefficient (Wildman–Crippen LogP) is 0.605. The maximum Gasteiger partial charge on any atom is 0.326 e. The number of aliphatic carboxylic acids is 2. The molecule has 0 aliphatic heterocycles. The van der Waals surface area contributed by atoms with E-state index < -0.39 is 119 Å². The molecule has 412 valence electrons. The van der Waals surface area contributed by atoms with Crippen LogP contribution in [0, 0.1) is 5.92 Å². The quantitative estimate of drug-likeness (QED) is 0.0251. The Bertz CT molecular complexity index is 2650. The smallest absolute Gasteiger partial charge is 0.326 e. The van der Waals surface area contributed by atoms with Crippen molar-refractivity contribution >= 4 is 89.4 Å². The van der Waals surface area contributed by atoms with Crippen LogP contribution in [0.25, 0.3) is 10.9 Å². The van der Waals surface area contributed by atoms with Crippen molar-refractivity contribution in [2.45, 2.75) is 126 Å². The first-order valence-corrected chi connectivity index (χ1v) is 25.7. The van der Waals surface area contributed by atoms with Crippen LogP contribution in [0.1, 0.15) is 70.1 Å². The van der Waals surface area contributed by atoms with E-state index in [2.05, 4.69) is 67.5 Å². The van der Waals surface area contributed by atoms with Crippen molar-refractivity contribution in [3.05, 3.63) is 102 Å². The number of phenols is 1. The Labute approximate surface area is 451 Å². The lowest BCUT2D eigenvalue weighted by Crippen LogP contribution is -2.63. The van der Waals surface area contributed by atoms with Gasteiger partial charge < -0.3 is 69.0 Å². The Morgan fingerprint density at radius 3 is 1.66 bits per heavy atom. The topological polar surface area (TPSA) is 366 Å². The Balaban J connectivity index is 1.71. The van der Waals surface area contributed by atoms with Gasteiger partial charge >= 0.3 is 11.9 Å². The molecule has 24 heteroatoms. The van der Waals surface area contributed by atoms with Gasteiger partial charge in [-0.05, 0) is 80.5 Å². The number of unbranched alkanes of at least 4 members (excludes halogenated alkanes) is 1. The molecule has 22 nitrogen and oxygen atoms in total. The van der Waals surface area contributed by atoms with Crippen LogP contribution >= 0.6 is 25.3 Å². The number of benzene rings is 3. The fourth-order valence-corrected chi connectivity index (χ4v) is 8.47. The number of thiol groups is 2. The SMILES string of the molecule is CC(C)[C@H](NC(=O)[C@H](CS)NC(=O)[C@H](Cc1ccc(O)cc1)NC(=O)[C@H](CCCCN)NC(=O)[C@@H](Cc1c[nH]c2ccccc12)NC(=O)[C@H](Cc1ccccc1)NC(=O)[C@@H](NC(=O)[C@@H](N)CC(=O)O)C(C)(C)S)C(=O)O. The van der Waals surface area contributed by atoms with Crippen molar-refractivity contribution in [2.75, 3.05) is 12.3 Å². The normalized spacial score (nSPS) is 14.6. The molecule has 0 aliphatic carbocycles. The molecule has 0 unspecified atom stereocenters. The van der Waals surface area contributed by atoms with Crippen molar-refractivity contribution in [3.63, 3.8) is 0 Å². The van der Waals surface area contributed by atoms with E-state index in [1.807, 2.05) is 18.2 Å². The third-order valence-electron chi connectivity index (χ3n) is 12.3. The van der Waals surface area contributed by atoms with E-state index in [4.69, 9.17) is 11.5 Å². The average Bonchev–Trinajstić information content (AvgIpc) is 3.77. The number of phenolic OH excluding ortho intramolecular Hbond substituents is 1. The minimum absolute atomic E-state index is 0.00103. The second-order valence-electron chi connectivity index (χ2n) is 19.3. The van der Waals surface area contributed by atoms with Gasteiger partial charge in [-0.2, -0.15) is 25.3 Å². The van der Waals surface area contributed by atoms with Crippen LogP contribution in [-0.4, -0.2) is 139 Å². The number of rotatable bonds is 30. The lowest BCUT2D eigenvalue weighted by atomic mass is 9.98. The van der Waals surface area contributed by atoms with E-state index >= 15 is 0 Å². The number of aromatic amines is 1. The van der Waals surface area contributed by atoms with Gasteiger partial charge in [0.1, 0.15) is 48.0 Å². The number of hydrogen-bond donors (Lipinski definition) is 15. The molecular weight excluding hydrogens is 1020 g/mol. The first kappa shape index (κ1) is 61.4. The summed E-state index contributed by atoms with van der Waals surface area (Å²) in [7, 11) is 0. The van der Waals surface area contributed by atoms with Crippen LogP contribution in [0.2, 0.25) is 0 Å². The number of H-pyrrole nitrogens is 1. The van der Waals surface area contributed by atoms with Gasteiger partial charge in [-0.1, -0.05) is 74.5 Å². The summed E-state index contributed by atoms with van der Waals surface area (Å²) in [4.78, 5) is 125. The molecule has 76 heavy (non-hydrogen) atoms. The maximum absolute atomic E-state index is 14.8. The van der Waals surface area contributed by atoms with Crippen LogP contribution in [0.15, 0.2) is 85.1 Å². The standard InChI is InChI=1S/C52H70N10O12S2/c1-28(2)42(51(73)74)61-49(71)40(27-75)60-47(69)37(23-30-17-19-32(63)20-18-30)57-45(67)36(16-10-11-21-53)56-48(70)39(24-31-26-55-35-15-9-8-14-33(31)35)58-46(68)38(22-29-12-6-5-7-13-29)59-50(72)43(52(3,4)76)62-44(66)34(54)25-41(64)65/h5-9,12-15,17-20,26,28,34,36-40,42-43,55,63,75-76H,10-11,16,21-25,27,53-54H2,1-4H3,(H,56,70)(H,57,67)(H,58,68)(H,59,72)(H,60,69)(H,61,71)(H,62,66)(H,64,65)(H,73,74)/t34-,36-,37-,38-,39+,40-,42-,43+/m0/s1. The van der Waals surface area contributed by atoms with E-state index in [1.165, 1.54) is 38.1 Å². The summed E-state index contributed by atoms with van der Waals surface area (Å²) < 4.78 is -1.29. The first-order valence-electron chi connectivity index (χ1n) is 24.6. The summed E-state index contributed by atoms with van der Waals surface area (Å²) in [5.41, 5.74) is 14.0. The molecule has 0 fully saturated rings. The van der Waals surface area contributed by atoms with Crippen molar-refractivity contribution in [2.24, 2.45) is 17.4 Å². The van der Waals surface area contributed by atoms with Gasteiger partial charge in [-0.15, -0.1) is 0 Å². The minimum Gasteiger partial charge on any atom is -0.508 e. The Morgan fingerprint density at radius 2 is 1.12 bits per heavy atom. The van der Waals surface area contributed by atoms with Crippen LogP contribution in [-0.2, 0) is 62.4 Å². The maximum atomic E-state index is 14.8. The Kier molecular flexibility index (Phi) is 23.6. The molecule has 4 aromatic rings. The highest BCUT2D eigenvalue weighted by Crippen LogP contribution is 2.22. The van der Waals surface area contributed by atoms with Crippen LogP contribution < -0.4 is 48.7 Å². The number of nitrogens with two attached hydrogens (primary N) is 2. The predicted molar refractivity (Wildman–Crippen MR) is 290 cm³/mol. The summed E-state index contributed by atoms with van der Waals surface area (Å²) in [6, 6.07) is 10.4. The zero-order valence-electron chi connectivity index (χ0n) is 42.7. The number of carbonyl (C=O) groups excluding carboxylic acids is 7. The van der Waals surface area contributed by atoms with Crippen molar-refractivity contribution in [3.8, 4) is 5.75 Å². The molecule has 0 saturated carbocycles. The van der Waals surface area contributed by atoms with Gasteiger partial charge in [0.15, 0.2) is 0 Å². The number of aromatic nitrogens is 1. The average molecular weight is 1090 g/mol. The number of fused-ring (bicyclic) bond motifs is 1. The summed E-state index contributed by atoms with van der Waals surface area (Å²) in [6.07, 6.45) is 1.24. The molecule has 0 aliphatic rings. The van der Waals surface area contributed by atoms with E-state index in [1.54, 1.807) is 56.4 Å². The summed E-state index contributed by atoms with van der Waals surface area (Å²) >= 11 is 8.76. The second kappa shape index (κ2) is 29.2. The van der Waals surface area contributed by atoms with Gasteiger partial charge in [-0.25, -0.2) is 4.79 Å². The molecule has 1 aromatic heterocycles. The molecule has 0 spiro atoms. The highest BCUT2D eigenvalue weighted by molar-refractivity contribution is 7.81. The van der Waals surface area contributed by atoms with Gasteiger partial charge in [0.05, 0.1) is 12.5 Å². The lowest BCUT2D eigenvalue weighted by Gasteiger charge is -2.32. The largest absolute Gasteiger partial charge is 0.508 e. The first-order chi connectivity index (χ1) is 35.9. The third kappa shape index (κ3) is 18.9. The molecular formula is C52H70N10O12S2. The molecule has 3 aromatic carbocycles. The number of para-hydroxylation sites is 1. The Hall–Kier alpha value is -7.15. The van der Waals surface area contributed by atoms with Crippen LogP contribution in [0.3, 0.4) is 0 Å². The fourth-order valence-electron chi connectivity index (χ4n) is 8.03. The second-order valence-corrected chi connectivity index (χ2v) is 20.8. The molecule has 0 saturated heterocycles. The van der Waals surface area contributed by atoms with Gasteiger partial charge in [-0.3, -0.25) is 38.4 Å². The molecule has 1 heterocycles. The van der Waals surface area contributed by atoms with Gasteiger partial charge in [0.25, 0.3) is 0 Å². The number of amides is 7. The summed E-state index contributed by atoms with van der Waals surface area (Å²) in [6.45, 7) is 6.46. The number of nitrogens with one attached hydrogen (secondary N) is 8. The molecule has 7 amide bonds. The molecule has 0 bridgehead atoms. The molecule has 15 N–H and O–H groups in total. The number of hydrogen-bond acceptors (Lipinski definition) is 14. The van der Waals surface area contributed by atoms with E-state index in [9.17, 15) is 58.5 Å². The number of carboxylic acids is 2.